The first kappa shape index (κ1) is 17.0. The van der Waals surface area contributed by atoms with E-state index in [9.17, 15) is 9.18 Å². The average Bonchev–Trinajstić information content (AvgIpc) is 3.26. The summed E-state index contributed by atoms with van der Waals surface area (Å²) in [6, 6.07) is 6.65. The van der Waals surface area contributed by atoms with Crippen LogP contribution >= 0.6 is 11.3 Å². The van der Waals surface area contributed by atoms with Gasteiger partial charge in [-0.2, -0.15) is 0 Å². The summed E-state index contributed by atoms with van der Waals surface area (Å²) in [6.45, 7) is 3.97. The lowest BCUT2D eigenvalue weighted by Crippen LogP contribution is -2.37. The highest BCUT2D eigenvalue weighted by Gasteiger charge is 2.23. The Morgan fingerprint density at radius 2 is 2.29 bits per heavy atom. The fourth-order valence-corrected chi connectivity index (χ4v) is 3.64. The number of hydrogen-bond donors (Lipinski definition) is 0. The second-order valence-corrected chi connectivity index (χ2v) is 6.82. The van der Waals surface area contributed by atoms with E-state index in [1.54, 1.807) is 28.5 Å². The van der Waals surface area contributed by atoms with Gasteiger partial charge in [-0.05, 0) is 31.4 Å². The first-order chi connectivity index (χ1) is 11.7. The Morgan fingerprint density at radius 1 is 1.46 bits per heavy atom. The molecule has 1 aromatic heterocycles. The highest BCUT2D eigenvalue weighted by atomic mass is 32.1. The highest BCUT2D eigenvalue weighted by Crippen LogP contribution is 2.19. The number of benzene rings is 1. The molecule has 0 radical (unpaired) electrons. The number of carbonyl (C=O) groups excluding carboxylic acids is 1. The summed E-state index contributed by atoms with van der Waals surface area (Å²) in [5, 5.41) is 2.51. The van der Waals surface area contributed by atoms with Crippen LogP contribution in [0.25, 0.3) is 0 Å². The molecule has 24 heavy (non-hydrogen) atoms. The number of carbonyl (C=O) groups is 1. The van der Waals surface area contributed by atoms with Gasteiger partial charge in [0.05, 0.1) is 11.1 Å². The number of aromatic nitrogens is 1. The van der Waals surface area contributed by atoms with Crippen molar-refractivity contribution in [2.75, 3.05) is 19.7 Å². The van der Waals surface area contributed by atoms with Gasteiger partial charge in [0.25, 0.3) is 5.91 Å². The smallest absolute Gasteiger partial charge is 0.273 e. The number of rotatable bonds is 6. The summed E-state index contributed by atoms with van der Waals surface area (Å²) >= 11 is 1.40. The van der Waals surface area contributed by atoms with E-state index in [1.165, 1.54) is 17.4 Å². The van der Waals surface area contributed by atoms with E-state index in [4.69, 9.17) is 4.74 Å². The summed E-state index contributed by atoms with van der Waals surface area (Å²) in [5.41, 5.74) is 1.03. The molecule has 6 heteroatoms. The van der Waals surface area contributed by atoms with Crippen LogP contribution in [0.2, 0.25) is 0 Å². The van der Waals surface area contributed by atoms with Crippen LogP contribution < -0.4 is 0 Å². The topological polar surface area (TPSA) is 42.4 Å². The summed E-state index contributed by atoms with van der Waals surface area (Å²) in [5.74, 6) is -0.321. The Balaban J connectivity index is 1.67. The lowest BCUT2D eigenvalue weighted by Gasteiger charge is -2.23. The van der Waals surface area contributed by atoms with Crippen LogP contribution in [0.5, 0.6) is 0 Å². The fraction of sp³-hybridized carbons (Fsp3) is 0.444. The number of ether oxygens (including phenoxy) is 1. The molecule has 2 heterocycles. The van der Waals surface area contributed by atoms with Gasteiger partial charge in [-0.15, -0.1) is 11.3 Å². The Labute approximate surface area is 145 Å². The summed E-state index contributed by atoms with van der Waals surface area (Å²) in [7, 11) is 0. The summed E-state index contributed by atoms with van der Waals surface area (Å²) in [6.07, 6.45) is 2.59. The Morgan fingerprint density at radius 3 is 3.00 bits per heavy atom. The molecule has 4 nitrogen and oxygen atoms in total. The van der Waals surface area contributed by atoms with E-state index in [2.05, 4.69) is 4.98 Å². The zero-order chi connectivity index (χ0) is 16.9. The normalized spacial score (nSPS) is 17.2. The van der Waals surface area contributed by atoms with Crippen LogP contribution in [0.15, 0.2) is 29.6 Å². The van der Waals surface area contributed by atoms with Crippen LogP contribution in [0.4, 0.5) is 4.39 Å². The van der Waals surface area contributed by atoms with E-state index in [0.717, 1.165) is 24.5 Å². The molecule has 3 rings (SSSR count). The molecule has 1 saturated heterocycles. The Kier molecular flexibility index (Phi) is 5.58. The minimum absolute atomic E-state index is 0.0796. The third-order valence-electron chi connectivity index (χ3n) is 4.19. The van der Waals surface area contributed by atoms with Crippen molar-refractivity contribution in [2.24, 2.45) is 0 Å². The maximum Gasteiger partial charge on any atom is 0.273 e. The first-order valence-electron chi connectivity index (χ1n) is 8.26. The van der Waals surface area contributed by atoms with Crippen molar-refractivity contribution in [3.63, 3.8) is 0 Å². The van der Waals surface area contributed by atoms with Crippen LogP contribution in [0.3, 0.4) is 0 Å². The average molecular weight is 348 g/mol. The minimum atomic E-state index is -0.242. The van der Waals surface area contributed by atoms with Gasteiger partial charge in [0.1, 0.15) is 11.5 Å². The lowest BCUT2D eigenvalue weighted by molar-refractivity contribution is 0.0535. The molecule has 1 aliphatic rings. The molecular formula is C18H21FN2O2S. The Bertz CT molecular complexity index is 698. The SMILES string of the molecule is CCN(C[C@@H]1CCCO1)C(=O)c1csc(Cc2ccccc2F)n1. The van der Waals surface area contributed by atoms with Crippen LogP contribution in [-0.2, 0) is 11.2 Å². The van der Waals surface area contributed by atoms with E-state index >= 15 is 0 Å². The number of likely N-dealkylation sites (N-methyl/N-ethyl adjacent to an activating group) is 1. The summed E-state index contributed by atoms with van der Waals surface area (Å²) in [4.78, 5) is 18.8. The van der Waals surface area contributed by atoms with Gasteiger partial charge in [-0.25, -0.2) is 9.37 Å². The summed E-state index contributed by atoms with van der Waals surface area (Å²) < 4.78 is 19.4. The zero-order valence-corrected chi connectivity index (χ0v) is 14.5. The third-order valence-corrected chi connectivity index (χ3v) is 5.04. The molecule has 0 N–H and O–H groups in total. The predicted octanol–water partition coefficient (Wildman–Crippen LogP) is 3.51. The van der Waals surface area contributed by atoms with Crippen molar-refractivity contribution in [3.05, 3.63) is 51.7 Å². The van der Waals surface area contributed by atoms with Crippen molar-refractivity contribution in [2.45, 2.75) is 32.3 Å². The van der Waals surface area contributed by atoms with Crippen LogP contribution in [0.1, 0.15) is 40.8 Å². The van der Waals surface area contributed by atoms with Crippen molar-refractivity contribution in [1.82, 2.24) is 9.88 Å². The van der Waals surface area contributed by atoms with Crippen LogP contribution in [0, 0.1) is 5.82 Å². The number of amides is 1. The van der Waals surface area contributed by atoms with Gasteiger partial charge < -0.3 is 9.64 Å². The molecule has 0 unspecified atom stereocenters. The molecule has 0 bridgehead atoms. The maximum atomic E-state index is 13.7. The van der Waals surface area contributed by atoms with Crippen molar-refractivity contribution in [3.8, 4) is 0 Å². The quantitative estimate of drug-likeness (QED) is 0.802. The molecular weight excluding hydrogens is 327 g/mol. The van der Waals surface area contributed by atoms with Gasteiger partial charge >= 0.3 is 0 Å². The molecule has 1 atom stereocenters. The van der Waals surface area contributed by atoms with Crippen molar-refractivity contribution >= 4 is 17.2 Å². The first-order valence-corrected chi connectivity index (χ1v) is 9.14. The van der Waals surface area contributed by atoms with Crippen LogP contribution in [-0.4, -0.2) is 41.6 Å². The molecule has 0 aliphatic carbocycles. The molecule has 0 spiro atoms. The molecule has 1 aromatic carbocycles. The van der Waals surface area contributed by atoms with Gasteiger partial charge in [-0.3, -0.25) is 4.79 Å². The van der Waals surface area contributed by atoms with Gasteiger partial charge in [-0.1, -0.05) is 18.2 Å². The van der Waals surface area contributed by atoms with E-state index in [1.807, 2.05) is 6.92 Å². The number of halogens is 1. The number of thiazole rings is 1. The molecule has 1 fully saturated rings. The Hall–Kier alpha value is -1.79. The number of nitrogens with zero attached hydrogens (tertiary/aromatic N) is 2. The van der Waals surface area contributed by atoms with E-state index in [0.29, 0.717) is 30.8 Å². The van der Waals surface area contributed by atoms with Crippen molar-refractivity contribution in [1.29, 1.82) is 0 Å². The van der Waals surface area contributed by atoms with E-state index < -0.39 is 0 Å². The van der Waals surface area contributed by atoms with Crippen molar-refractivity contribution < 1.29 is 13.9 Å². The molecule has 1 amide bonds. The molecule has 128 valence electrons. The van der Waals surface area contributed by atoms with Gasteiger partial charge in [0.15, 0.2) is 0 Å². The zero-order valence-electron chi connectivity index (χ0n) is 13.7. The largest absolute Gasteiger partial charge is 0.376 e. The lowest BCUT2D eigenvalue weighted by atomic mass is 10.1. The van der Waals surface area contributed by atoms with Gasteiger partial charge in [0.2, 0.25) is 0 Å². The predicted molar refractivity (Wildman–Crippen MR) is 91.9 cm³/mol. The number of hydrogen-bond acceptors (Lipinski definition) is 4. The minimum Gasteiger partial charge on any atom is -0.376 e. The second kappa shape index (κ2) is 7.85. The standard InChI is InChI=1S/C18H21FN2O2S/c1-2-21(11-14-7-5-9-23-14)18(22)16-12-24-17(20-16)10-13-6-3-4-8-15(13)19/h3-4,6,8,12,14H,2,5,7,9-11H2,1H3/t14-/m0/s1. The highest BCUT2D eigenvalue weighted by molar-refractivity contribution is 7.09. The fourth-order valence-electron chi connectivity index (χ4n) is 2.85. The van der Waals surface area contributed by atoms with Gasteiger partial charge in [0, 0.05) is 31.5 Å². The molecule has 2 aromatic rings. The third kappa shape index (κ3) is 3.99. The van der Waals surface area contributed by atoms with E-state index in [-0.39, 0.29) is 17.8 Å². The second-order valence-electron chi connectivity index (χ2n) is 5.87. The molecule has 1 aliphatic heterocycles. The maximum absolute atomic E-state index is 13.7. The molecule has 0 saturated carbocycles. The monoisotopic (exact) mass is 348 g/mol.